The number of hydrogen-bond donors (Lipinski definition) is 0. The summed E-state index contributed by atoms with van der Waals surface area (Å²) in [6.07, 6.45) is 1.14. The Balaban J connectivity index is 1.58. The van der Waals surface area contributed by atoms with Crippen LogP contribution < -0.4 is 14.2 Å². The second-order valence-electron chi connectivity index (χ2n) is 6.13. The van der Waals surface area contributed by atoms with Crippen molar-refractivity contribution in [1.82, 2.24) is 4.90 Å². The molecule has 0 aromatic heterocycles. The van der Waals surface area contributed by atoms with Crippen molar-refractivity contribution in [3.63, 3.8) is 0 Å². The van der Waals surface area contributed by atoms with Crippen molar-refractivity contribution in [1.29, 1.82) is 0 Å². The second-order valence-corrected chi connectivity index (χ2v) is 8.14. The van der Waals surface area contributed by atoms with Crippen LogP contribution in [0.1, 0.15) is 12.5 Å². The number of benzene rings is 2. The van der Waals surface area contributed by atoms with Crippen LogP contribution >= 0.6 is 0 Å². The first-order valence-corrected chi connectivity index (χ1v) is 10.3. The number of amides is 1. The van der Waals surface area contributed by atoms with Crippen molar-refractivity contribution in [3.05, 3.63) is 48.0 Å². The largest absolute Gasteiger partial charge is 0.484 e. The Morgan fingerprint density at radius 3 is 2.48 bits per heavy atom. The highest BCUT2D eigenvalue weighted by Gasteiger charge is 2.17. The molecule has 1 heterocycles. The van der Waals surface area contributed by atoms with E-state index in [4.69, 9.17) is 14.2 Å². The lowest BCUT2D eigenvalue weighted by molar-refractivity contribution is -0.133. The summed E-state index contributed by atoms with van der Waals surface area (Å²) in [6, 6.07) is 11.6. The van der Waals surface area contributed by atoms with Crippen LogP contribution in [0.4, 0.5) is 0 Å². The Morgan fingerprint density at radius 2 is 1.81 bits per heavy atom. The van der Waals surface area contributed by atoms with Crippen molar-refractivity contribution >= 4 is 15.7 Å². The SMILES string of the molecule is CCN(Cc1ccc2c(c1)OCO2)C(=O)COc1ccc(S(C)(=O)=O)cc1. The lowest BCUT2D eigenvalue weighted by Gasteiger charge is -2.21. The van der Waals surface area contributed by atoms with E-state index in [-0.39, 0.29) is 24.2 Å². The Hall–Kier alpha value is -2.74. The molecule has 0 fully saturated rings. The van der Waals surface area contributed by atoms with Gasteiger partial charge in [0.15, 0.2) is 27.9 Å². The zero-order valence-electron chi connectivity index (χ0n) is 15.2. The van der Waals surface area contributed by atoms with Crippen LogP contribution in [-0.4, -0.2) is 45.4 Å². The van der Waals surface area contributed by atoms with Crippen molar-refractivity contribution < 1.29 is 27.4 Å². The van der Waals surface area contributed by atoms with Gasteiger partial charge in [0.1, 0.15) is 5.75 Å². The standard InChI is InChI=1S/C19H21NO6S/c1-3-20(11-14-4-9-17-18(10-14)26-13-25-17)19(21)12-24-15-5-7-16(8-6-15)27(2,22)23/h4-10H,3,11-13H2,1-2H3. The Bertz CT molecular complexity index is 924. The van der Waals surface area contributed by atoms with Gasteiger partial charge in [0, 0.05) is 19.3 Å². The molecule has 3 rings (SSSR count). The van der Waals surface area contributed by atoms with Crippen LogP contribution in [0, 0.1) is 0 Å². The van der Waals surface area contributed by atoms with Crippen molar-refractivity contribution in [2.75, 3.05) is 26.2 Å². The zero-order chi connectivity index (χ0) is 19.4. The van der Waals surface area contributed by atoms with Crippen molar-refractivity contribution in [2.45, 2.75) is 18.4 Å². The van der Waals surface area contributed by atoms with Crippen molar-refractivity contribution in [3.8, 4) is 17.2 Å². The molecule has 0 aliphatic carbocycles. The van der Waals surface area contributed by atoms with Crippen LogP contribution in [0.25, 0.3) is 0 Å². The van der Waals surface area contributed by atoms with Crippen LogP contribution in [0.5, 0.6) is 17.2 Å². The molecule has 8 heteroatoms. The van der Waals surface area contributed by atoms with Crippen LogP contribution in [0.2, 0.25) is 0 Å². The average Bonchev–Trinajstić information content (AvgIpc) is 3.11. The molecule has 0 N–H and O–H groups in total. The van der Waals surface area contributed by atoms with E-state index in [1.54, 1.807) is 4.90 Å². The maximum absolute atomic E-state index is 12.5. The molecule has 1 aliphatic heterocycles. The molecule has 0 spiro atoms. The van der Waals surface area contributed by atoms with Gasteiger partial charge in [-0.2, -0.15) is 0 Å². The first-order chi connectivity index (χ1) is 12.9. The van der Waals surface area contributed by atoms with E-state index in [1.165, 1.54) is 24.3 Å². The highest BCUT2D eigenvalue weighted by Crippen LogP contribution is 2.32. The number of sulfone groups is 1. The summed E-state index contributed by atoms with van der Waals surface area (Å²) in [6.45, 7) is 2.94. The van der Waals surface area contributed by atoms with E-state index >= 15 is 0 Å². The summed E-state index contributed by atoms with van der Waals surface area (Å²) in [5.41, 5.74) is 0.937. The molecule has 0 radical (unpaired) electrons. The molecule has 1 amide bonds. The van der Waals surface area contributed by atoms with Crippen LogP contribution in [0.3, 0.4) is 0 Å². The molecule has 2 aromatic carbocycles. The zero-order valence-corrected chi connectivity index (χ0v) is 16.0. The minimum atomic E-state index is -3.26. The number of fused-ring (bicyclic) bond motifs is 1. The highest BCUT2D eigenvalue weighted by atomic mass is 32.2. The fraction of sp³-hybridized carbons (Fsp3) is 0.316. The topological polar surface area (TPSA) is 82.1 Å². The summed E-state index contributed by atoms with van der Waals surface area (Å²) in [5.74, 6) is 1.66. The van der Waals surface area contributed by atoms with Crippen LogP contribution in [0.15, 0.2) is 47.4 Å². The maximum Gasteiger partial charge on any atom is 0.260 e. The molecule has 1 aliphatic rings. The Morgan fingerprint density at radius 1 is 1.11 bits per heavy atom. The van der Waals surface area contributed by atoms with Gasteiger partial charge < -0.3 is 19.1 Å². The number of ether oxygens (including phenoxy) is 3. The molecule has 144 valence electrons. The molecule has 7 nitrogen and oxygen atoms in total. The third kappa shape index (κ3) is 4.71. The quantitative estimate of drug-likeness (QED) is 0.720. The fourth-order valence-electron chi connectivity index (χ4n) is 2.66. The van der Waals surface area contributed by atoms with E-state index in [9.17, 15) is 13.2 Å². The summed E-state index contributed by atoms with van der Waals surface area (Å²) >= 11 is 0. The first-order valence-electron chi connectivity index (χ1n) is 8.46. The summed E-state index contributed by atoms with van der Waals surface area (Å²) in [7, 11) is -3.26. The summed E-state index contributed by atoms with van der Waals surface area (Å²) in [4.78, 5) is 14.3. The number of rotatable bonds is 7. The summed E-state index contributed by atoms with van der Waals surface area (Å²) in [5, 5.41) is 0. The van der Waals surface area contributed by atoms with Crippen molar-refractivity contribution in [2.24, 2.45) is 0 Å². The van der Waals surface area contributed by atoms with E-state index in [0.717, 1.165) is 11.8 Å². The lowest BCUT2D eigenvalue weighted by atomic mass is 10.2. The molecule has 0 bridgehead atoms. The monoisotopic (exact) mass is 391 g/mol. The van der Waals surface area contributed by atoms with Gasteiger partial charge >= 0.3 is 0 Å². The molecule has 0 atom stereocenters. The smallest absolute Gasteiger partial charge is 0.260 e. The van der Waals surface area contributed by atoms with Gasteiger partial charge in [-0.1, -0.05) is 6.07 Å². The van der Waals surface area contributed by atoms with E-state index in [1.807, 2.05) is 25.1 Å². The van der Waals surface area contributed by atoms with E-state index < -0.39 is 9.84 Å². The highest BCUT2D eigenvalue weighted by molar-refractivity contribution is 7.90. The molecule has 0 saturated carbocycles. The molecule has 27 heavy (non-hydrogen) atoms. The molecular weight excluding hydrogens is 370 g/mol. The lowest BCUT2D eigenvalue weighted by Crippen LogP contribution is -2.34. The Labute approximate surface area is 158 Å². The number of carbonyl (C=O) groups is 1. The maximum atomic E-state index is 12.5. The van der Waals surface area contributed by atoms with E-state index in [2.05, 4.69) is 0 Å². The molecule has 0 saturated heterocycles. The van der Waals surface area contributed by atoms with Gasteiger partial charge in [0.25, 0.3) is 5.91 Å². The molecule has 0 unspecified atom stereocenters. The minimum Gasteiger partial charge on any atom is -0.484 e. The Kier molecular flexibility index (Phi) is 5.55. The van der Waals surface area contributed by atoms with Gasteiger partial charge in [-0.3, -0.25) is 4.79 Å². The van der Waals surface area contributed by atoms with E-state index in [0.29, 0.717) is 30.3 Å². The predicted octanol–water partition coefficient (Wildman–Crippen LogP) is 2.25. The second kappa shape index (κ2) is 7.87. The molecular formula is C19H21NO6S. The predicted molar refractivity (Wildman–Crippen MR) is 98.7 cm³/mol. The van der Waals surface area contributed by atoms with Gasteiger partial charge in [-0.25, -0.2) is 8.42 Å². The number of carbonyl (C=O) groups excluding carboxylic acids is 1. The van der Waals surface area contributed by atoms with Gasteiger partial charge in [0.05, 0.1) is 4.90 Å². The first kappa shape index (κ1) is 19.0. The number of hydrogen-bond acceptors (Lipinski definition) is 6. The number of likely N-dealkylation sites (N-methyl/N-ethyl adjacent to an activating group) is 1. The third-order valence-corrected chi connectivity index (χ3v) is 5.29. The van der Waals surface area contributed by atoms with Gasteiger partial charge in [-0.15, -0.1) is 0 Å². The average molecular weight is 391 g/mol. The van der Waals surface area contributed by atoms with Gasteiger partial charge in [-0.05, 0) is 48.9 Å². The summed E-state index contributed by atoms with van der Waals surface area (Å²) < 4.78 is 39.1. The molecule has 2 aromatic rings. The number of nitrogens with zero attached hydrogens (tertiary/aromatic N) is 1. The fourth-order valence-corrected chi connectivity index (χ4v) is 3.29. The van der Waals surface area contributed by atoms with Gasteiger partial charge in [0.2, 0.25) is 6.79 Å². The van der Waals surface area contributed by atoms with Crippen LogP contribution in [-0.2, 0) is 21.2 Å². The minimum absolute atomic E-state index is 0.128. The third-order valence-electron chi connectivity index (χ3n) is 4.16. The normalized spacial score (nSPS) is 12.7.